The number of hydrogen-bond donors (Lipinski definition) is 4. The average molecular weight is 584 g/mol. The molecule has 0 saturated carbocycles. The van der Waals surface area contributed by atoms with Gasteiger partial charge in [-0.2, -0.15) is 18.3 Å². The van der Waals surface area contributed by atoms with Crippen LogP contribution in [-0.4, -0.2) is 72.6 Å². The molecule has 15 heteroatoms. The van der Waals surface area contributed by atoms with Crippen LogP contribution in [0.5, 0.6) is 0 Å². The number of nitrogens with zero attached hydrogens (tertiary/aromatic N) is 6. The third kappa shape index (κ3) is 5.96. The third-order valence-corrected chi connectivity index (χ3v) is 7.07. The number of anilines is 3. The van der Waals surface area contributed by atoms with Crippen molar-refractivity contribution in [3.63, 3.8) is 0 Å². The molecule has 0 aliphatic carbocycles. The van der Waals surface area contributed by atoms with E-state index in [-0.39, 0.29) is 24.1 Å². The normalized spacial score (nSPS) is 14.3. The minimum Gasteiger partial charge on any atom is -0.392 e. The van der Waals surface area contributed by atoms with Gasteiger partial charge in [0.15, 0.2) is 5.82 Å². The Bertz CT molecular complexity index is 1620. The lowest BCUT2D eigenvalue weighted by atomic mass is 10.0. The van der Waals surface area contributed by atoms with E-state index in [1.165, 1.54) is 6.33 Å². The molecule has 1 saturated heterocycles. The second-order valence-corrected chi connectivity index (χ2v) is 9.73. The van der Waals surface area contributed by atoms with Crippen molar-refractivity contribution in [2.24, 2.45) is 0 Å². The highest BCUT2D eigenvalue weighted by Crippen LogP contribution is 2.36. The maximum Gasteiger partial charge on any atom is 0.416 e. The largest absolute Gasteiger partial charge is 0.416 e. The fraction of sp³-hybridized carbons (Fsp3) is 0.296. The Morgan fingerprint density at radius 1 is 1.05 bits per heavy atom. The molecule has 1 aliphatic rings. The van der Waals surface area contributed by atoms with Crippen LogP contribution in [0.2, 0.25) is 0 Å². The van der Waals surface area contributed by atoms with Gasteiger partial charge in [0.2, 0.25) is 5.91 Å². The molecule has 1 fully saturated rings. The summed E-state index contributed by atoms with van der Waals surface area (Å²) in [5.74, 6) is -0.000541. The summed E-state index contributed by atoms with van der Waals surface area (Å²) in [4.78, 5) is 36.0. The van der Waals surface area contributed by atoms with Crippen LogP contribution in [0, 0.1) is 0 Å². The van der Waals surface area contributed by atoms with Crippen molar-refractivity contribution >= 4 is 34.8 Å². The minimum absolute atomic E-state index is 0.0318. The number of aliphatic hydroxyl groups excluding tert-OH is 1. The molecule has 3 aromatic heterocycles. The molecule has 42 heavy (non-hydrogen) atoms. The molecular formula is C27H28F3N9O3. The average Bonchev–Trinajstić information content (AvgIpc) is 3.27. The molecule has 5 N–H and O–H groups in total. The molecule has 0 bridgehead atoms. The smallest absolute Gasteiger partial charge is 0.392 e. The molecule has 0 spiro atoms. The van der Waals surface area contributed by atoms with Crippen LogP contribution >= 0.6 is 0 Å². The number of fused-ring (bicyclic) bond motifs is 1. The monoisotopic (exact) mass is 583 g/mol. The predicted molar refractivity (Wildman–Crippen MR) is 148 cm³/mol. The highest BCUT2D eigenvalue weighted by atomic mass is 19.4. The predicted octanol–water partition coefficient (Wildman–Crippen LogP) is 3.19. The van der Waals surface area contributed by atoms with Crippen LogP contribution in [-0.2, 0) is 24.1 Å². The number of aliphatic hydroxyl groups is 1. The van der Waals surface area contributed by atoms with Gasteiger partial charge in [-0.3, -0.25) is 15.0 Å². The number of nitrogens with two attached hydrogens (primary N) is 1. The SMILES string of the molecule is CC(=O)N1CCN(Cc2c(CO)c(-c3ccc(NC(=O)Nc4cc(C(F)(F)F)ccn4)cc3)c3c(N)ncnn23)CC1. The summed E-state index contributed by atoms with van der Waals surface area (Å²) in [7, 11) is 0. The van der Waals surface area contributed by atoms with Crippen LogP contribution in [0.4, 0.5) is 35.3 Å². The van der Waals surface area contributed by atoms with Gasteiger partial charge in [0, 0.05) is 62.7 Å². The molecule has 4 aromatic rings. The van der Waals surface area contributed by atoms with Crippen molar-refractivity contribution in [1.29, 1.82) is 0 Å². The van der Waals surface area contributed by atoms with E-state index in [0.29, 0.717) is 60.6 Å². The van der Waals surface area contributed by atoms with Crippen LogP contribution in [0.1, 0.15) is 23.7 Å². The lowest BCUT2D eigenvalue weighted by Gasteiger charge is -2.34. The van der Waals surface area contributed by atoms with Crippen molar-refractivity contribution in [2.75, 3.05) is 42.5 Å². The molecule has 0 unspecified atom stereocenters. The van der Waals surface area contributed by atoms with E-state index in [0.717, 1.165) is 24.0 Å². The lowest BCUT2D eigenvalue weighted by Crippen LogP contribution is -2.47. The summed E-state index contributed by atoms with van der Waals surface area (Å²) in [6.45, 7) is 4.23. The number of carbonyl (C=O) groups excluding carboxylic acids is 2. The molecular weight excluding hydrogens is 555 g/mol. The van der Waals surface area contributed by atoms with Gasteiger partial charge in [0.1, 0.15) is 17.7 Å². The van der Waals surface area contributed by atoms with Crippen molar-refractivity contribution in [2.45, 2.75) is 26.3 Å². The van der Waals surface area contributed by atoms with Crippen LogP contribution in [0.15, 0.2) is 48.9 Å². The summed E-state index contributed by atoms with van der Waals surface area (Å²) >= 11 is 0. The molecule has 0 radical (unpaired) electrons. The quantitative estimate of drug-likeness (QED) is 0.270. The van der Waals surface area contributed by atoms with Crippen molar-refractivity contribution in [3.8, 4) is 11.1 Å². The Labute approximate surface area is 238 Å². The Morgan fingerprint density at radius 3 is 2.40 bits per heavy atom. The molecule has 1 aliphatic heterocycles. The number of nitrogens with one attached hydrogen (secondary N) is 2. The van der Waals surface area contributed by atoms with Gasteiger partial charge >= 0.3 is 12.2 Å². The van der Waals surface area contributed by atoms with E-state index in [4.69, 9.17) is 5.73 Å². The van der Waals surface area contributed by atoms with E-state index < -0.39 is 17.8 Å². The number of benzene rings is 1. The van der Waals surface area contributed by atoms with Crippen LogP contribution < -0.4 is 16.4 Å². The van der Waals surface area contributed by atoms with Gasteiger partial charge in [-0.05, 0) is 29.8 Å². The third-order valence-electron chi connectivity index (χ3n) is 7.07. The highest BCUT2D eigenvalue weighted by Gasteiger charge is 2.31. The maximum absolute atomic E-state index is 13.0. The topological polar surface area (TPSA) is 154 Å². The van der Waals surface area contributed by atoms with Gasteiger partial charge in [0.25, 0.3) is 0 Å². The fourth-order valence-electron chi connectivity index (χ4n) is 4.97. The van der Waals surface area contributed by atoms with E-state index in [1.54, 1.807) is 40.6 Å². The zero-order valence-corrected chi connectivity index (χ0v) is 22.5. The fourth-order valence-corrected chi connectivity index (χ4v) is 4.97. The number of pyridine rings is 1. The number of alkyl halides is 3. The van der Waals surface area contributed by atoms with Crippen LogP contribution in [0.3, 0.4) is 0 Å². The first kappa shape index (κ1) is 28.8. The first-order valence-electron chi connectivity index (χ1n) is 13.0. The number of amides is 3. The van der Waals surface area contributed by atoms with E-state index in [1.807, 2.05) is 0 Å². The highest BCUT2D eigenvalue weighted by molar-refractivity contribution is 5.99. The number of urea groups is 1. The summed E-state index contributed by atoms with van der Waals surface area (Å²) in [6, 6.07) is 7.43. The number of rotatable bonds is 6. The van der Waals surface area contributed by atoms with Gasteiger partial charge in [-0.1, -0.05) is 12.1 Å². The number of hydrogen-bond acceptors (Lipinski definition) is 8. The number of nitrogen functional groups attached to an aromatic ring is 1. The second kappa shape index (κ2) is 11.6. The summed E-state index contributed by atoms with van der Waals surface area (Å²) in [6.07, 6.45) is -2.26. The van der Waals surface area contributed by atoms with Gasteiger partial charge < -0.3 is 21.1 Å². The molecule has 1 aromatic carbocycles. The zero-order chi connectivity index (χ0) is 30.0. The molecule has 12 nitrogen and oxygen atoms in total. The van der Waals surface area contributed by atoms with E-state index in [9.17, 15) is 27.9 Å². The van der Waals surface area contributed by atoms with Gasteiger partial charge in [-0.25, -0.2) is 19.3 Å². The molecule has 220 valence electrons. The van der Waals surface area contributed by atoms with Gasteiger partial charge in [0.05, 0.1) is 17.9 Å². The number of carbonyl (C=O) groups is 2. The Balaban J connectivity index is 1.38. The molecule has 5 rings (SSSR count). The first-order chi connectivity index (χ1) is 20.0. The Kier molecular flexibility index (Phi) is 7.95. The molecule has 4 heterocycles. The standard InChI is InChI=1S/C27H28F3N9O3/c1-16(41)38-10-8-37(9-11-38)13-21-20(14-40)23(24-25(31)33-15-34-39(21)24)17-2-4-19(5-3-17)35-26(42)36-22-12-18(6-7-32-22)27(28,29)30/h2-7,12,15,40H,8-11,13-14H2,1H3,(H2,31,33,34)(H2,32,35,36,42). The minimum atomic E-state index is -4.57. The van der Waals surface area contributed by atoms with Gasteiger partial charge in [-0.15, -0.1) is 0 Å². The summed E-state index contributed by atoms with van der Waals surface area (Å²) in [5, 5.41) is 19.7. The van der Waals surface area contributed by atoms with Crippen LogP contribution in [0.25, 0.3) is 16.6 Å². The molecule has 0 atom stereocenters. The summed E-state index contributed by atoms with van der Waals surface area (Å²) < 4.78 is 40.6. The second-order valence-electron chi connectivity index (χ2n) is 9.73. The van der Waals surface area contributed by atoms with E-state index in [2.05, 4.69) is 30.6 Å². The zero-order valence-electron chi connectivity index (χ0n) is 22.5. The van der Waals surface area contributed by atoms with Crippen molar-refractivity contribution in [1.82, 2.24) is 29.4 Å². The van der Waals surface area contributed by atoms with E-state index >= 15 is 0 Å². The maximum atomic E-state index is 13.0. The first-order valence-corrected chi connectivity index (χ1v) is 13.0. The van der Waals surface area contributed by atoms with Crippen molar-refractivity contribution < 1.29 is 27.9 Å². The summed E-state index contributed by atoms with van der Waals surface area (Å²) in [5.41, 5.74) is 8.89. The Morgan fingerprint density at radius 2 is 1.76 bits per heavy atom. The number of aromatic nitrogens is 4. The molecule has 3 amide bonds. The lowest BCUT2D eigenvalue weighted by molar-refractivity contribution is -0.137. The van der Waals surface area contributed by atoms with Crippen molar-refractivity contribution in [3.05, 3.63) is 65.7 Å². The Hall–Kier alpha value is -4.76. The number of piperazine rings is 1. The number of halogens is 3.